The quantitative estimate of drug-likeness (QED) is 0.458. The maximum atomic E-state index is 12.0. The van der Waals surface area contributed by atoms with Gasteiger partial charge in [0.2, 0.25) is 5.91 Å². The summed E-state index contributed by atoms with van der Waals surface area (Å²) >= 11 is 0. The number of rotatable bonds is 4. The van der Waals surface area contributed by atoms with Gasteiger partial charge in [-0.05, 0) is 19.3 Å². The van der Waals surface area contributed by atoms with Gasteiger partial charge in [0.1, 0.15) is 5.92 Å². The molecule has 1 N–H and O–H groups in total. The van der Waals surface area contributed by atoms with E-state index in [-0.39, 0.29) is 12.5 Å². The van der Waals surface area contributed by atoms with Gasteiger partial charge in [0, 0.05) is 0 Å². The Labute approximate surface area is 103 Å². The number of nitrogens with one attached hydrogen (secondary N) is 1. The number of hydrogen-bond donors (Lipinski definition) is 1. The lowest BCUT2D eigenvalue weighted by Gasteiger charge is -2.28. The molecule has 0 saturated carbocycles. The fraction of sp³-hybridized carbons (Fsp3) is 0.692. The minimum absolute atomic E-state index is 0.253. The van der Waals surface area contributed by atoms with Crippen LogP contribution >= 0.6 is 0 Å². The highest BCUT2D eigenvalue weighted by molar-refractivity contribution is 5.98. The van der Waals surface area contributed by atoms with E-state index in [4.69, 9.17) is 11.2 Å². The Morgan fingerprint density at radius 2 is 1.94 bits per heavy atom. The van der Waals surface area contributed by atoms with Crippen LogP contribution in [-0.2, 0) is 14.3 Å². The number of hydrogen-bond acceptors (Lipinski definition) is 3. The Morgan fingerprint density at radius 3 is 2.29 bits per heavy atom. The van der Waals surface area contributed by atoms with E-state index in [1.54, 1.807) is 13.8 Å². The summed E-state index contributed by atoms with van der Waals surface area (Å²) in [5, 5.41) is 2.60. The van der Waals surface area contributed by atoms with Crippen LogP contribution in [0.4, 0.5) is 0 Å². The molecule has 1 amide bonds. The monoisotopic (exact) mass is 239 g/mol. The fourth-order valence-corrected chi connectivity index (χ4v) is 1.42. The van der Waals surface area contributed by atoms with E-state index in [0.717, 1.165) is 0 Å². The van der Waals surface area contributed by atoms with E-state index < -0.39 is 23.3 Å². The van der Waals surface area contributed by atoms with Gasteiger partial charge in [-0.2, -0.15) is 0 Å². The molecule has 0 spiro atoms. The molecule has 0 radical (unpaired) electrons. The summed E-state index contributed by atoms with van der Waals surface area (Å²) in [5.74, 6) is 0.640. The standard InChI is InChI=1S/C13H21NO3/c1-7-9(3)14-11(15)10(13(4,5)6)12(16)17-8-2/h1,9-10H,8H2,2-6H3,(H,14,15). The lowest BCUT2D eigenvalue weighted by molar-refractivity contribution is -0.156. The topological polar surface area (TPSA) is 55.4 Å². The van der Waals surface area contributed by atoms with Crippen LogP contribution in [0.1, 0.15) is 34.6 Å². The van der Waals surface area contributed by atoms with Gasteiger partial charge < -0.3 is 10.1 Å². The van der Waals surface area contributed by atoms with E-state index in [1.165, 1.54) is 0 Å². The van der Waals surface area contributed by atoms with Crippen LogP contribution in [0, 0.1) is 23.7 Å². The van der Waals surface area contributed by atoms with Crippen molar-refractivity contribution >= 4 is 11.9 Å². The largest absolute Gasteiger partial charge is 0.465 e. The lowest BCUT2D eigenvalue weighted by atomic mass is 9.80. The van der Waals surface area contributed by atoms with Gasteiger partial charge in [-0.25, -0.2) is 0 Å². The molecular formula is C13H21NO3. The summed E-state index contributed by atoms with van der Waals surface area (Å²) in [6, 6.07) is -0.401. The van der Waals surface area contributed by atoms with E-state index >= 15 is 0 Å². The highest BCUT2D eigenvalue weighted by atomic mass is 16.5. The summed E-state index contributed by atoms with van der Waals surface area (Å²) in [5.41, 5.74) is -0.509. The molecule has 0 heterocycles. The Hall–Kier alpha value is -1.50. The second kappa shape index (κ2) is 6.29. The summed E-state index contributed by atoms with van der Waals surface area (Å²) in [4.78, 5) is 23.7. The van der Waals surface area contributed by atoms with E-state index in [1.807, 2.05) is 20.8 Å². The Kier molecular flexibility index (Phi) is 5.73. The molecule has 0 fully saturated rings. The van der Waals surface area contributed by atoms with Crippen molar-refractivity contribution in [1.29, 1.82) is 0 Å². The van der Waals surface area contributed by atoms with Crippen LogP contribution in [0.15, 0.2) is 0 Å². The lowest BCUT2D eigenvalue weighted by Crippen LogP contribution is -2.46. The van der Waals surface area contributed by atoms with Gasteiger partial charge in [-0.1, -0.05) is 26.7 Å². The van der Waals surface area contributed by atoms with Crippen molar-refractivity contribution in [2.24, 2.45) is 11.3 Å². The number of esters is 1. The normalized spacial score (nSPS) is 14.4. The molecule has 2 atom stereocenters. The third-order valence-corrected chi connectivity index (χ3v) is 2.26. The molecule has 0 rings (SSSR count). The van der Waals surface area contributed by atoms with Crippen molar-refractivity contribution < 1.29 is 14.3 Å². The first-order chi connectivity index (χ1) is 7.73. The van der Waals surface area contributed by atoms with Crippen molar-refractivity contribution in [3.63, 3.8) is 0 Å². The molecule has 0 aromatic rings. The Balaban J connectivity index is 4.89. The number of ether oxygens (including phenoxy) is 1. The highest BCUT2D eigenvalue weighted by Crippen LogP contribution is 2.27. The minimum Gasteiger partial charge on any atom is -0.465 e. The SMILES string of the molecule is C#CC(C)NC(=O)C(C(=O)OCC)C(C)(C)C. The predicted octanol–water partition coefficient (Wildman–Crippen LogP) is 1.35. The number of carbonyl (C=O) groups excluding carboxylic acids is 2. The van der Waals surface area contributed by atoms with Crippen LogP contribution in [0.25, 0.3) is 0 Å². The van der Waals surface area contributed by atoms with Crippen molar-refractivity contribution in [3.05, 3.63) is 0 Å². The second-order valence-corrected chi connectivity index (χ2v) is 4.95. The van der Waals surface area contributed by atoms with Gasteiger partial charge in [0.15, 0.2) is 0 Å². The van der Waals surface area contributed by atoms with Gasteiger partial charge in [-0.15, -0.1) is 6.42 Å². The molecular weight excluding hydrogens is 218 g/mol. The minimum atomic E-state index is -0.849. The van der Waals surface area contributed by atoms with Crippen molar-refractivity contribution in [2.75, 3.05) is 6.61 Å². The van der Waals surface area contributed by atoms with Crippen LogP contribution in [0.2, 0.25) is 0 Å². The molecule has 0 saturated heterocycles. The Bertz CT molecular complexity index is 323. The van der Waals surface area contributed by atoms with Crippen LogP contribution < -0.4 is 5.32 Å². The molecule has 0 aliphatic heterocycles. The van der Waals surface area contributed by atoms with Crippen LogP contribution in [0.3, 0.4) is 0 Å². The molecule has 0 aliphatic carbocycles. The summed E-state index contributed by atoms with van der Waals surface area (Å²) in [6.45, 7) is 9.09. The summed E-state index contributed by atoms with van der Waals surface area (Å²) in [6.07, 6.45) is 5.18. The molecule has 0 bridgehead atoms. The number of carbonyl (C=O) groups is 2. The van der Waals surface area contributed by atoms with Crippen molar-refractivity contribution in [3.8, 4) is 12.3 Å². The molecule has 17 heavy (non-hydrogen) atoms. The molecule has 2 unspecified atom stereocenters. The average molecular weight is 239 g/mol. The molecule has 4 heteroatoms. The van der Waals surface area contributed by atoms with Gasteiger partial charge in [-0.3, -0.25) is 9.59 Å². The smallest absolute Gasteiger partial charge is 0.319 e. The first-order valence-corrected chi connectivity index (χ1v) is 5.67. The maximum Gasteiger partial charge on any atom is 0.319 e. The van der Waals surface area contributed by atoms with Gasteiger partial charge in [0.25, 0.3) is 0 Å². The first-order valence-electron chi connectivity index (χ1n) is 5.67. The van der Waals surface area contributed by atoms with Crippen LogP contribution in [-0.4, -0.2) is 24.5 Å². The summed E-state index contributed by atoms with van der Waals surface area (Å²) < 4.78 is 4.92. The average Bonchev–Trinajstić information content (AvgIpc) is 2.15. The van der Waals surface area contributed by atoms with Crippen molar-refractivity contribution in [2.45, 2.75) is 40.7 Å². The van der Waals surface area contributed by atoms with Gasteiger partial charge in [0.05, 0.1) is 12.6 Å². The zero-order valence-electron chi connectivity index (χ0n) is 11.2. The fourth-order valence-electron chi connectivity index (χ4n) is 1.42. The zero-order valence-corrected chi connectivity index (χ0v) is 11.2. The van der Waals surface area contributed by atoms with Gasteiger partial charge >= 0.3 is 5.97 Å². The predicted molar refractivity (Wildman–Crippen MR) is 66.0 cm³/mol. The van der Waals surface area contributed by atoms with Crippen LogP contribution in [0.5, 0.6) is 0 Å². The number of amides is 1. The highest BCUT2D eigenvalue weighted by Gasteiger charge is 2.39. The first kappa shape index (κ1) is 15.5. The van der Waals surface area contributed by atoms with E-state index in [0.29, 0.717) is 0 Å². The van der Waals surface area contributed by atoms with Crippen molar-refractivity contribution in [1.82, 2.24) is 5.32 Å². The third-order valence-electron chi connectivity index (χ3n) is 2.26. The molecule has 96 valence electrons. The Morgan fingerprint density at radius 1 is 1.41 bits per heavy atom. The molecule has 0 aliphatic rings. The molecule has 0 aromatic carbocycles. The maximum absolute atomic E-state index is 12.0. The summed E-state index contributed by atoms with van der Waals surface area (Å²) in [7, 11) is 0. The molecule has 4 nitrogen and oxygen atoms in total. The molecule has 0 aromatic heterocycles. The van der Waals surface area contributed by atoms with E-state index in [9.17, 15) is 9.59 Å². The zero-order chi connectivity index (χ0) is 13.6. The van der Waals surface area contributed by atoms with E-state index in [2.05, 4.69) is 11.2 Å². The second-order valence-electron chi connectivity index (χ2n) is 4.95. The third kappa shape index (κ3) is 4.90. The number of terminal acetylenes is 1.